The van der Waals surface area contributed by atoms with Gasteiger partial charge in [0.25, 0.3) is 0 Å². The minimum Gasteiger partial charge on any atom is -0.494 e. The molecule has 1 aromatic rings. The van der Waals surface area contributed by atoms with Crippen molar-refractivity contribution >= 4 is 6.29 Å². The molecule has 1 rings (SSSR count). The number of carbonyl (C=O) groups excluding carboxylic acids is 1. The average molecular weight is 232 g/mol. The summed E-state index contributed by atoms with van der Waals surface area (Å²) in [6.07, 6.45) is 8.57. The molecule has 2 nitrogen and oxygen atoms in total. The summed E-state index contributed by atoms with van der Waals surface area (Å²) >= 11 is 0. The Kier molecular flexibility index (Phi) is 6.80. The second-order valence-corrected chi connectivity index (χ2v) is 4.08. The smallest absolute Gasteiger partial charge is 0.142 e. The fraction of sp³-hybridized carbons (Fsp3) is 0.400. The zero-order chi connectivity index (χ0) is 12.3. The molecule has 0 amide bonds. The van der Waals surface area contributed by atoms with Gasteiger partial charge in [0.1, 0.15) is 12.0 Å². The number of hydrogen-bond donors (Lipinski definition) is 0. The van der Waals surface area contributed by atoms with E-state index in [9.17, 15) is 4.79 Å². The van der Waals surface area contributed by atoms with Crippen LogP contribution in [0.5, 0.6) is 5.75 Å². The highest BCUT2D eigenvalue weighted by atomic mass is 16.5. The van der Waals surface area contributed by atoms with E-state index in [-0.39, 0.29) is 0 Å². The Labute approximate surface area is 103 Å². The Morgan fingerprint density at radius 3 is 2.59 bits per heavy atom. The van der Waals surface area contributed by atoms with Crippen molar-refractivity contribution in [3.63, 3.8) is 0 Å². The first-order valence-corrected chi connectivity index (χ1v) is 6.12. The summed E-state index contributed by atoms with van der Waals surface area (Å²) in [5, 5.41) is 0. The van der Waals surface area contributed by atoms with Crippen molar-refractivity contribution in [3.05, 3.63) is 42.0 Å². The normalized spacial score (nSPS) is 10.6. The lowest BCUT2D eigenvalue weighted by atomic mass is 10.2. The number of ether oxygens (including phenoxy) is 1. The van der Waals surface area contributed by atoms with Crippen LogP contribution in [0.3, 0.4) is 0 Å². The van der Waals surface area contributed by atoms with E-state index < -0.39 is 0 Å². The molecule has 1 aromatic carbocycles. The van der Waals surface area contributed by atoms with Crippen LogP contribution in [0.25, 0.3) is 0 Å². The van der Waals surface area contributed by atoms with Gasteiger partial charge in [0, 0.05) is 0 Å². The second kappa shape index (κ2) is 8.57. The van der Waals surface area contributed by atoms with E-state index in [4.69, 9.17) is 4.74 Å². The average Bonchev–Trinajstić information content (AvgIpc) is 2.35. The van der Waals surface area contributed by atoms with Gasteiger partial charge in [0.05, 0.1) is 6.61 Å². The highest BCUT2D eigenvalue weighted by molar-refractivity contribution is 5.64. The molecule has 0 unspecified atom stereocenters. The van der Waals surface area contributed by atoms with E-state index in [0.29, 0.717) is 0 Å². The van der Waals surface area contributed by atoms with Crippen molar-refractivity contribution in [1.29, 1.82) is 0 Å². The van der Waals surface area contributed by atoms with Crippen molar-refractivity contribution in [1.82, 2.24) is 0 Å². The van der Waals surface area contributed by atoms with Crippen LogP contribution < -0.4 is 4.74 Å². The fourth-order valence-corrected chi connectivity index (χ4v) is 1.52. The van der Waals surface area contributed by atoms with Crippen LogP contribution in [-0.4, -0.2) is 12.9 Å². The molecule has 2 heteroatoms. The van der Waals surface area contributed by atoms with Crippen molar-refractivity contribution in [2.24, 2.45) is 0 Å². The third kappa shape index (κ3) is 6.56. The molecule has 0 fully saturated rings. The first-order chi connectivity index (χ1) is 8.33. The molecule has 0 saturated carbocycles. The Balaban J connectivity index is 2.02. The third-order valence-electron chi connectivity index (χ3n) is 2.52. The molecule has 0 aromatic heterocycles. The Morgan fingerprint density at radius 2 is 1.88 bits per heavy atom. The molecule has 0 radical (unpaired) electrons. The van der Waals surface area contributed by atoms with Crippen LogP contribution >= 0.6 is 0 Å². The van der Waals surface area contributed by atoms with Gasteiger partial charge in [0.15, 0.2) is 0 Å². The minimum absolute atomic E-state index is 0.764. The molecular formula is C15H20O2. The molecule has 0 aliphatic carbocycles. The first kappa shape index (κ1) is 13.5. The number of rotatable bonds is 8. The second-order valence-electron chi connectivity index (χ2n) is 4.08. The van der Waals surface area contributed by atoms with Gasteiger partial charge in [-0.3, -0.25) is 4.79 Å². The molecule has 0 spiro atoms. The molecule has 0 heterocycles. The zero-order valence-corrected chi connectivity index (χ0v) is 10.4. The van der Waals surface area contributed by atoms with Gasteiger partial charge in [-0.05, 0) is 50.8 Å². The fourth-order valence-electron chi connectivity index (χ4n) is 1.52. The lowest BCUT2D eigenvalue weighted by molar-refractivity contribution is -0.104. The van der Waals surface area contributed by atoms with Gasteiger partial charge in [-0.1, -0.05) is 23.8 Å². The van der Waals surface area contributed by atoms with Crippen LogP contribution in [0.15, 0.2) is 36.4 Å². The van der Waals surface area contributed by atoms with Crippen LogP contribution in [0.1, 0.15) is 31.2 Å². The lowest BCUT2D eigenvalue weighted by Gasteiger charge is -2.05. The van der Waals surface area contributed by atoms with Gasteiger partial charge in [-0.2, -0.15) is 0 Å². The molecule has 0 N–H and O–H groups in total. The van der Waals surface area contributed by atoms with Gasteiger partial charge < -0.3 is 4.74 Å². The number of aldehydes is 1. The summed E-state index contributed by atoms with van der Waals surface area (Å²) in [7, 11) is 0. The maximum atomic E-state index is 10.0. The predicted octanol–water partition coefficient (Wildman–Crippen LogP) is 3.69. The zero-order valence-electron chi connectivity index (χ0n) is 10.4. The summed E-state index contributed by atoms with van der Waals surface area (Å²) in [5.74, 6) is 0.941. The predicted molar refractivity (Wildman–Crippen MR) is 70.3 cm³/mol. The quantitative estimate of drug-likeness (QED) is 0.388. The highest BCUT2D eigenvalue weighted by Crippen LogP contribution is 2.12. The van der Waals surface area contributed by atoms with Gasteiger partial charge >= 0.3 is 0 Å². The summed E-state index contributed by atoms with van der Waals surface area (Å²) in [6.45, 7) is 2.83. The van der Waals surface area contributed by atoms with Crippen molar-refractivity contribution < 1.29 is 9.53 Å². The molecule has 0 saturated heterocycles. The monoisotopic (exact) mass is 232 g/mol. The SMILES string of the molecule is Cc1ccc(OCCCCC/C=C/C=O)cc1. The van der Waals surface area contributed by atoms with Crippen LogP contribution in [0, 0.1) is 6.92 Å². The van der Waals surface area contributed by atoms with Gasteiger partial charge in [-0.25, -0.2) is 0 Å². The van der Waals surface area contributed by atoms with Crippen LogP contribution in [-0.2, 0) is 4.79 Å². The van der Waals surface area contributed by atoms with E-state index >= 15 is 0 Å². The molecule has 0 bridgehead atoms. The molecular weight excluding hydrogens is 212 g/mol. The molecule has 17 heavy (non-hydrogen) atoms. The third-order valence-corrected chi connectivity index (χ3v) is 2.52. The molecule has 0 atom stereocenters. The summed E-state index contributed by atoms with van der Waals surface area (Å²) in [4.78, 5) is 10.0. The molecule has 0 aliphatic rings. The van der Waals surface area contributed by atoms with Crippen LogP contribution in [0.4, 0.5) is 0 Å². The molecule has 0 aliphatic heterocycles. The maximum absolute atomic E-state index is 10.0. The summed E-state index contributed by atoms with van der Waals surface area (Å²) in [5.41, 5.74) is 1.25. The number of benzene rings is 1. The van der Waals surface area contributed by atoms with Crippen LogP contribution in [0.2, 0.25) is 0 Å². The standard InChI is InChI=1S/C15H20O2/c1-14-8-10-15(11-9-14)17-13-7-5-3-2-4-6-12-16/h4,6,8-12H,2-3,5,7,13H2,1H3/b6-4+. The van der Waals surface area contributed by atoms with E-state index in [1.165, 1.54) is 5.56 Å². The van der Waals surface area contributed by atoms with Crippen molar-refractivity contribution in [2.75, 3.05) is 6.61 Å². The largest absolute Gasteiger partial charge is 0.494 e. The highest BCUT2D eigenvalue weighted by Gasteiger charge is 1.93. The summed E-state index contributed by atoms with van der Waals surface area (Å²) < 4.78 is 5.61. The van der Waals surface area contributed by atoms with Gasteiger partial charge in [-0.15, -0.1) is 0 Å². The first-order valence-electron chi connectivity index (χ1n) is 6.12. The summed E-state index contributed by atoms with van der Waals surface area (Å²) in [6, 6.07) is 8.11. The molecule has 92 valence electrons. The minimum atomic E-state index is 0.764. The van der Waals surface area contributed by atoms with E-state index in [0.717, 1.165) is 44.3 Å². The Hall–Kier alpha value is -1.57. The maximum Gasteiger partial charge on any atom is 0.142 e. The number of unbranched alkanes of at least 4 members (excludes halogenated alkanes) is 3. The van der Waals surface area contributed by atoms with E-state index in [2.05, 4.69) is 19.1 Å². The number of carbonyl (C=O) groups is 1. The number of aryl methyl sites for hydroxylation is 1. The number of allylic oxidation sites excluding steroid dienone is 2. The van der Waals surface area contributed by atoms with Gasteiger partial charge in [0.2, 0.25) is 0 Å². The van der Waals surface area contributed by atoms with E-state index in [1.54, 1.807) is 6.08 Å². The number of hydrogen-bond acceptors (Lipinski definition) is 2. The Morgan fingerprint density at radius 1 is 1.12 bits per heavy atom. The van der Waals surface area contributed by atoms with E-state index in [1.807, 2.05) is 18.2 Å². The van der Waals surface area contributed by atoms with Crippen molar-refractivity contribution in [3.8, 4) is 5.75 Å². The lowest BCUT2D eigenvalue weighted by Crippen LogP contribution is -1.96. The topological polar surface area (TPSA) is 26.3 Å². The Bertz CT molecular complexity index is 338. The van der Waals surface area contributed by atoms with Crippen molar-refractivity contribution in [2.45, 2.75) is 32.6 Å².